The fourth-order valence-electron chi connectivity index (χ4n) is 7.39. The van der Waals surface area contributed by atoms with Gasteiger partial charge in [0, 0.05) is 30.1 Å². The molecule has 44 heavy (non-hydrogen) atoms. The fourth-order valence-corrected chi connectivity index (χ4v) is 9.58. The van der Waals surface area contributed by atoms with Crippen molar-refractivity contribution in [3.8, 4) is 5.75 Å². The third kappa shape index (κ3) is 5.34. The third-order valence-electron chi connectivity index (χ3n) is 9.22. The number of carbonyl (C=O) groups is 3. The van der Waals surface area contributed by atoms with Crippen LogP contribution in [-0.4, -0.2) is 81.0 Å². The Kier molecular flexibility index (Phi) is 9.56. The van der Waals surface area contributed by atoms with E-state index >= 15 is 0 Å². The van der Waals surface area contributed by atoms with E-state index in [0.717, 1.165) is 12.0 Å². The number of ether oxygens (including phenoxy) is 1. The highest BCUT2D eigenvalue weighted by Gasteiger charge is 2.74. The number of likely N-dealkylation sites (tertiary alicyclic amines) is 1. The van der Waals surface area contributed by atoms with Crippen LogP contribution in [0.3, 0.4) is 0 Å². The topological polar surface area (TPSA) is 90.4 Å². The van der Waals surface area contributed by atoms with Crippen LogP contribution < -0.4 is 9.64 Å². The van der Waals surface area contributed by atoms with Crippen molar-refractivity contribution in [3.05, 3.63) is 85.5 Å². The van der Waals surface area contributed by atoms with Crippen molar-refractivity contribution in [2.24, 2.45) is 11.8 Å². The summed E-state index contributed by atoms with van der Waals surface area (Å²) in [7, 11) is 0. The van der Waals surface area contributed by atoms with E-state index in [1.807, 2.05) is 75.4 Å². The van der Waals surface area contributed by atoms with Crippen LogP contribution in [-0.2, 0) is 14.4 Å². The number of fused-ring (bicyclic) bond motifs is 1. The summed E-state index contributed by atoms with van der Waals surface area (Å²) >= 11 is 1.63. The predicted octanol–water partition coefficient (Wildman–Crippen LogP) is 4.85. The summed E-state index contributed by atoms with van der Waals surface area (Å²) < 4.78 is 4.82. The van der Waals surface area contributed by atoms with Gasteiger partial charge < -0.3 is 24.5 Å². The van der Waals surface area contributed by atoms with Crippen molar-refractivity contribution in [2.75, 3.05) is 31.2 Å². The smallest absolute Gasteiger partial charge is 0.247 e. The third-order valence-corrected chi connectivity index (χ3v) is 11.2. The highest BCUT2D eigenvalue weighted by molar-refractivity contribution is 8.02. The first-order chi connectivity index (χ1) is 21.2. The van der Waals surface area contributed by atoms with Gasteiger partial charge in [0.1, 0.15) is 11.8 Å². The van der Waals surface area contributed by atoms with E-state index in [0.29, 0.717) is 31.0 Å². The van der Waals surface area contributed by atoms with Gasteiger partial charge >= 0.3 is 0 Å². The molecule has 0 aromatic heterocycles. The second-order valence-electron chi connectivity index (χ2n) is 11.9. The van der Waals surface area contributed by atoms with Gasteiger partial charge in [0.15, 0.2) is 0 Å². The Balaban J connectivity index is 1.59. The highest BCUT2D eigenvalue weighted by Crippen LogP contribution is 2.67. The Morgan fingerprint density at radius 3 is 2.36 bits per heavy atom. The number of aliphatic hydroxyl groups is 1. The van der Waals surface area contributed by atoms with Gasteiger partial charge in [-0.2, -0.15) is 0 Å². The minimum Gasteiger partial charge on any atom is -0.494 e. The summed E-state index contributed by atoms with van der Waals surface area (Å²) in [4.78, 5) is 49.0. The maximum Gasteiger partial charge on any atom is 0.247 e. The van der Waals surface area contributed by atoms with Crippen LogP contribution in [0.2, 0.25) is 0 Å². The normalized spacial score (nSPS) is 25.9. The molecule has 5 rings (SSSR count). The van der Waals surface area contributed by atoms with Crippen molar-refractivity contribution in [1.82, 2.24) is 9.80 Å². The minimum absolute atomic E-state index is 0.0971. The highest BCUT2D eigenvalue weighted by atomic mass is 32.2. The van der Waals surface area contributed by atoms with Crippen LogP contribution in [0.5, 0.6) is 5.75 Å². The number of thioether (sulfide) groups is 1. The SMILES string of the molecule is C=CCN(C(=O)[C@@H]1[C@H]2C(=O)N([C@H](CO)c3ccccc3)C(C(=O)N(CC=C)C(C)C)C23CC[C@H]1S3)c1ccc(OCC)cc1. The number of hydrogen-bond donors (Lipinski definition) is 1. The van der Waals surface area contributed by atoms with E-state index in [2.05, 4.69) is 13.2 Å². The predicted molar refractivity (Wildman–Crippen MR) is 174 cm³/mol. The summed E-state index contributed by atoms with van der Waals surface area (Å²) in [5.41, 5.74) is 1.45. The van der Waals surface area contributed by atoms with E-state index < -0.39 is 28.7 Å². The van der Waals surface area contributed by atoms with Gasteiger partial charge in [-0.1, -0.05) is 42.5 Å². The van der Waals surface area contributed by atoms with Gasteiger partial charge in [-0.3, -0.25) is 14.4 Å². The molecule has 234 valence electrons. The molecular weight excluding hydrogens is 574 g/mol. The second kappa shape index (κ2) is 13.2. The molecule has 3 heterocycles. The maximum absolute atomic E-state index is 14.8. The van der Waals surface area contributed by atoms with Crippen LogP contribution in [0.1, 0.15) is 45.2 Å². The lowest BCUT2D eigenvalue weighted by atomic mass is 9.70. The number of amides is 3. The molecule has 1 spiro atoms. The molecule has 6 atom stereocenters. The lowest BCUT2D eigenvalue weighted by Gasteiger charge is -2.40. The molecule has 2 aromatic rings. The van der Waals surface area contributed by atoms with Crippen LogP contribution in [0.15, 0.2) is 79.9 Å². The van der Waals surface area contributed by atoms with Crippen molar-refractivity contribution in [3.63, 3.8) is 0 Å². The standard InChI is InChI=1S/C35H43N3O5S/c1-6-20-36(23(4)5)34(42)31-35-19-18-28(44-35)29(30(35)33(41)38(31)27(22-39)24-12-10-9-11-13-24)32(40)37(21-7-2)25-14-16-26(17-15-25)43-8-3/h6-7,9-17,23,27-31,39H,1-2,8,18-22H2,3-5H3/t27-,28-,29+,30+,31?,35?/m1/s1. The molecule has 9 heteroatoms. The largest absolute Gasteiger partial charge is 0.494 e. The number of hydrogen-bond acceptors (Lipinski definition) is 6. The Labute approximate surface area is 264 Å². The molecule has 8 nitrogen and oxygen atoms in total. The van der Waals surface area contributed by atoms with Gasteiger partial charge in [0.2, 0.25) is 17.7 Å². The number of nitrogens with zero attached hydrogens (tertiary/aromatic N) is 3. The lowest BCUT2D eigenvalue weighted by molar-refractivity contribution is -0.146. The first kappa shape index (κ1) is 31.9. The van der Waals surface area contributed by atoms with E-state index in [-0.39, 0.29) is 42.2 Å². The van der Waals surface area contributed by atoms with E-state index in [1.165, 1.54) is 0 Å². The first-order valence-corrected chi connectivity index (χ1v) is 16.3. The summed E-state index contributed by atoms with van der Waals surface area (Å²) in [6.45, 7) is 14.4. The van der Waals surface area contributed by atoms with Crippen LogP contribution in [0, 0.1) is 11.8 Å². The number of aliphatic hydroxyl groups excluding tert-OH is 1. The zero-order valence-corrected chi connectivity index (χ0v) is 26.6. The molecule has 3 aliphatic rings. The Morgan fingerprint density at radius 2 is 1.77 bits per heavy atom. The van der Waals surface area contributed by atoms with Gasteiger partial charge in [-0.25, -0.2) is 0 Å². The quantitative estimate of drug-likeness (QED) is 0.323. The molecule has 3 aliphatic heterocycles. The Morgan fingerprint density at radius 1 is 1.09 bits per heavy atom. The van der Waals surface area contributed by atoms with Crippen molar-refractivity contribution in [1.29, 1.82) is 0 Å². The molecule has 2 bridgehead atoms. The van der Waals surface area contributed by atoms with Crippen molar-refractivity contribution in [2.45, 2.75) is 61.7 Å². The van der Waals surface area contributed by atoms with Crippen molar-refractivity contribution < 1.29 is 24.2 Å². The molecule has 2 aromatic carbocycles. The molecule has 0 radical (unpaired) electrons. The molecule has 3 fully saturated rings. The number of rotatable bonds is 13. The average Bonchev–Trinajstić information content (AvgIpc) is 3.67. The number of benzene rings is 2. The van der Waals surface area contributed by atoms with Gasteiger partial charge in [-0.15, -0.1) is 24.9 Å². The van der Waals surface area contributed by atoms with E-state index in [1.54, 1.807) is 38.6 Å². The molecule has 3 amide bonds. The number of carbonyl (C=O) groups excluding carboxylic acids is 3. The van der Waals surface area contributed by atoms with Crippen molar-refractivity contribution >= 4 is 35.2 Å². The van der Waals surface area contributed by atoms with E-state index in [4.69, 9.17) is 4.74 Å². The Hall–Kier alpha value is -3.56. The monoisotopic (exact) mass is 617 g/mol. The summed E-state index contributed by atoms with van der Waals surface area (Å²) in [6.07, 6.45) is 4.76. The summed E-state index contributed by atoms with van der Waals surface area (Å²) in [5, 5.41) is 10.6. The van der Waals surface area contributed by atoms with Crippen LogP contribution in [0.4, 0.5) is 5.69 Å². The van der Waals surface area contributed by atoms with Crippen LogP contribution >= 0.6 is 11.8 Å². The molecule has 0 saturated carbocycles. The minimum atomic E-state index is -0.828. The first-order valence-electron chi connectivity index (χ1n) is 15.5. The summed E-state index contributed by atoms with van der Waals surface area (Å²) in [5.74, 6) is -1.16. The van der Waals surface area contributed by atoms with Gasteiger partial charge in [-0.05, 0) is 63.4 Å². The fraction of sp³-hybridized carbons (Fsp3) is 0.457. The molecule has 1 N–H and O–H groups in total. The molecule has 3 saturated heterocycles. The van der Waals surface area contributed by atoms with Gasteiger partial charge in [0.25, 0.3) is 0 Å². The number of anilines is 1. The molecule has 0 aliphatic carbocycles. The zero-order chi connectivity index (χ0) is 31.6. The van der Waals surface area contributed by atoms with Crippen LogP contribution in [0.25, 0.3) is 0 Å². The maximum atomic E-state index is 14.8. The second-order valence-corrected chi connectivity index (χ2v) is 13.5. The molecule has 2 unspecified atom stereocenters. The van der Waals surface area contributed by atoms with E-state index in [9.17, 15) is 19.5 Å². The molecular formula is C35H43N3O5S. The average molecular weight is 618 g/mol. The lowest BCUT2D eigenvalue weighted by Crippen LogP contribution is -2.57. The Bertz CT molecular complexity index is 1380. The summed E-state index contributed by atoms with van der Waals surface area (Å²) in [6, 6.07) is 15.1. The zero-order valence-electron chi connectivity index (χ0n) is 25.8. The van der Waals surface area contributed by atoms with Gasteiger partial charge in [0.05, 0.1) is 35.8 Å².